The molecule has 5 heteroatoms. The van der Waals surface area contributed by atoms with Crippen LogP contribution in [0.3, 0.4) is 0 Å². The van der Waals surface area contributed by atoms with Crippen LogP contribution in [0.25, 0.3) is 0 Å². The molecule has 0 radical (unpaired) electrons. The van der Waals surface area contributed by atoms with Gasteiger partial charge in [-0.1, -0.05) is 29.1 Å². The lowest BCUT2D eigenvalue weighted by Gasteiger charge is -1.94. The first-order valence-corrected chi connectivity index (χ1v) is 4.05. The summed E-state index contributed by atoms with van der Waals surface area (Å²) in [7, 11) is 0. The van der Waals surface area contributed by atoms with Gasteiger partial charge in [0.2, 0.25) is 0 Å². The van der Waals surface area contributed by atoms with Gasteiger partial charge < -0.3 is 5.11 Å². The van der Waals surface area contributed by atoms with E-state index in [2.05, 4.69) is 5.92 Å². The van der Waals surface area contributed by atoms with Crippen LogP contribution < -0.4 is 0 Å². The minimum atomic E-state index is -1.19. The number of benzene rings is 1. The molecule has 0 bridgehead atoms. The summed E-state index contributed by atoms with van der Waals surface area (Å²) in [6, 6.07) is 4.68. The lowest BCUT2D eigenvalue weighted by atomic mass is 10.2. The maximum absolute atomic E-state index is 10.1. The van der Waals surface area contributed by atoms with E-state index in [9.17, 15) is 4.79 Å². The van der Waals surface area contributed by atoms with Gasteiger partial charge in [-0.2, -0.15) is 0 Å². The molecule has 0 amide bonds. The Morgan fingerprint density at radius 2 is 2.00 bits per heavy atom. The fourth-order valence-electron chi connectivity index (χ4n) is 0.712. The molecule has 0 unspecified atom stereocenters. The van der Waals surface area contributed by atoms with Crippen LogP contribution in [0.5, 0.6) is 0 Å². The third-order valence-electron chi connectivity index (χ3n) is 1.24. The molecule has 0 aliphatic heterocycles. The summed E-state index contributed by atoms with van der Waals surface area (Å²) in [6.07, 6.45) is 0. The number of hydrogen-bond donors (Lipinski definition) is 1. The summed E-state index contributed by atoms with van der Waals surface area (Å²) in [5, 5.41) is 9.12. The zero-order valence-corrected chi connectivity index (χ0v) is 7.86. The summed E-state index contributed by atoms with van der Waals surface area (Å²) < 4.78 is 0. The SMILES string of the molecule is O=C(O)C#Cc1ccc(Cl)cc1Cl.[AlH3]. The molecule has 0 fully saturated rings. The summed E-state index contributed by atoms with van der Waals surface area (Å²) in [4.78, 5) is 10.1. The van der Waals surface area contributed by atoms with E-state index in [0.29, 0.717) is 15.6 Å². The van der Waals surface area contributed by atoms with Crippen LogP contribution in [-0.2, 0) is 4.79 Å². The van der Waals surface area contributed by atoms with Crippen molar-refractivity contribution in [3.05, 3.63) is 33.8 Å². The number of carboxylic acid groups (broad SMARTS) is 1. The largest absolute Gasteiger partial charge is 0.472 e. The Morgan fingerprint density at radius 3 is 2.50 bits per heavy atom. The molecule has 1 aromatic rings. The van der Waals surface area contributed by atoms with Crippen molar-refractivity contribution in [1.29, 1.82) is 0 Å². The number of carbonyl (C=O) groups is 1. The van der Waals surface area contributed by atoms with Gasteiger partial charge in [-0.15, -0.1) is 0 Å². The molecule has 0 spiro atoms. The summed E-state index contributed by atoms with van der Waals surface area (Å²) in [5.74, 6) is 3.17. The third kappa shape index (κ3) is 4.05. The number of hydrogen-bond acceptors (Lipinski definition) is 1. The van der Waals surface area contributed by atoms with Crippen LogP contribution in [0.4, 0.5) is 0 Å². The minimum Gasteiger partial charge on any atom is -0.472 e. The molecule has 0 saturated heterocycles. The molecular weight excluding hydrogens is 238 g/mol. The van der Waals surface area contributed by atoms with Gasteiger partial charge in [-0.3, -0.25) is 0 Å². The Kier molecular flexibility index (Phi) is 5.69. The fraction of sp³-hybridized carbons (Fsp3) is 0. The van der Waals surface area contributed by atoms with Gasteiger partial charge >= 0.3 is 5.97 Å². The third-order valence-corrected chi connectivity index (χ3v) is 1.78. The average Bonchev–Trinajstić information content (AvgIpc) is 2.02. The van der Waals surface area contributed by atoms with Crippen LogP contribution in [0.2, 0.25) is 10.0 Å². The summed E-state index contributed by atoms with van der Waals surface area (Å²) >= 11 is 11.4. The van der Waals surface area contributed by atoms with Gasteiger partial charge in [0.25, 0.3) is 0 Å². The van der Waals surface area contributed by atoms with Gasteiger partial charge in [0.05, 0.1) is 5.02 Å². The van der Waals surface area contributed by atoms with E-state index in [-0.39, 0.29) is 17.4 Å². The van der Waals surface area contributed by atoms with Crippen LogP contribution in [0.15, 0.2) is 18.2 Å². The quantitative estimate of drug-likeness (QED) is 0.551. The van der Waals surface area contributed by atoms with Crippen molar-refractivity contribution in [3.8, 4) is 11.8 Å². The predicted octanol–water partition coefficient (Wildman–Crippen LogP) is 1.25. The van der Waals surface area contributed by atoms with Crippen LogP contribution >= 0.6 is 23.2 Å². The Labute approximate surface area is 102 Å². The molecule has 0 saturated carbocycles. The molecule has 0 heterocycles. The maximum Gasteiger partial charge on any atom is 0.382 e. The number of aliphatic carboxylic acids is 1. The minimum absolute atomic E-state index is 0. The van der Waals surface area contributed by atoms with E-state index in [4.69, 9.17) is 28.3 Å². The predicted molar refractivity (Wildman–Crippen MR) is 60.9 cm³/mol. The zero-order valence-electron chi connectivity index (χ0n) is 6.34. The average molecular weight is 245 g/mol. The van der Waals surface area contributed by atoms with Crippen molar-refractivity contribution in [3.63, 3.8) is 0 Å². The topological polar surface area (TPSA) is 37.3 Å². The molecule has 0 aromatic heterocycles. The van der Waals surface area contributed by atoms with Gasteiger partial charge in [0.15, 0.2) is 17.4 Å². The molecule has 1 rings (SSSR count). The van der Waals surface area contributed by atoms with E-state index < -0.39 is 5.97 Å². The fourth-order valence-corrected chi connectivity index (χ4v) is 1.17. The van der Waals surface area contributed by atoms with E-state index >= 15 is 0 Å². The van der Waals surface area contributed by atoms with Crippen LogP contribution in [0, 0.1) is 11.8 Å². The van der Waals surface area contributed by atoms with Gasteiger partial charge in [0.1, 0.15) is 0 Å². The molecule has 1 N–H and O–H groups in total. The Balaban J connectivity index is 0.00000169. The maximum atomic E-state index is 10.1. The zero-order chi connectivity index (χ0) is 9.84. The van der Waals surface area contributed by atoms with Crippen molar-refractivity contribution in [1.82, 2.24) is 0 Å². The lowest BCUT2D eigenvalue weighted by Crippen LogP contribution is -1.87. The number of carboxylic acids is 1. The normalized spacial score (nSPS) is 8.14. The van der Waals surface area contributed by atoms with Crippen LogP contribution in [-0.4, -0.2) is 28.4 Å². The Hall–Kier alpha value is -0.638. The molecule has 0 aliphatic rings. The molecule has 1 aromatic carbocycles. The van der Waals surface area contributed by atoms with Crippen molar-refractivity contribution < 1.29 is 9.90 Å². The molecule has 72 valence electrons. The van der Waals surface area contributed by atoms with Crippen molar-refractivity contribution >= 4 is 46.5 Å². The number of rotatable bonds is 0. The second-order valence-electron chi connectivity index (χ2n) is 2.18. The molecular formula is C9H7AlCl2O2. The second-order valence-corrected chi connectivity index (χ2v) is 3.02. The van der Waals surface area contributed by atoms with Gasteiger partial charge in [0, 0.05) is 16.5 Å². The molecule has 0 atom stereocenters. The highest BCUT2D eigenvalue weighted by Crippen LogP contribution is 2.19. The summed E-state index contributed by atoms with van der Waals surface area (Å²) in [6.45, 7) is 0. The smallest absolute Gasteiger partial charge is 0.382 e. The van der Waals surface area contributed by atoms with E-state index in [1.807, 2.05) is 5.92 Å². The lowest BCUT2D eigenvalue weighted by molar-refractivity contribution is -0.130. The first-order valence-electron chi connectivity index (χ1n) is 3.29. The first-order chi connectivity index (χ1) is 6.09. The molecule has 14 heavy (non-hydrogen) atoms. The van der Waals surface area contributed by atoms with E-state index in [0.717, 1.165) is 0 Å². The molecule has 0 aliphatic carbocycles. The Bertz CT molecular complexity index is 407. The highest BCUT2D eigenvalue weighted by atomic mass is 35.5. The van der Waals surface area contributed by atoms with Gasteiger partial charge in [-0.05, 0) is 18.2 Å². The van der Waals surface area contributed by atoms with E-state index in [1.165, 1.54) is 6.07 Å². The van der Waals surface area contributed by atoms with Crippen LogP contribution in [0.1, 0.15) is 5.56 Å². The highest BCUT2D eigenvalue weighted by Gasteiger charge is 1.97. The van der Waals surface area contributed by atoms with Crippen molar-refractivity contribution in [2.75, 3.05) is 0 Å². The number of halogens is 2. The van der Waals surface area contributed by atoms with Gasteiger partial charge in [-0.25, -0.2) is 4.79 Å². The summed E-state index contributed by atoms with van der Waals surface area (Å²) in [5.41, 5.74) is 0.452. The standard InChI is InChI=1S/C9H4Cl2O2.Al.3H/c10-7-3-1-6(8(11)5-7)2-4-9(12)13;;;;/h1,3,5H,(H,12,13);;;;. The Morgan fingerprint density at radius 1 is 1.36 bits per heavy atom. The first kappa shape index (κ1) is 13.4. The van der Waals surface area contributed by atoms with Crippen molar-refractivity contribution in [2.45, 2.75) is 0 Å². The molecule has 2 nitrogen and oxygen atoms in total. The van der Waals surface area contributed by atoms with Crippen molar-refractivity contribution in [2.24, 2.45) is 0 Å². The monoisotopic (exact) mass is 244 g/mol. The second kappa shape index (κ2) is 5.96. The highest BCUT2D eigenvalue weighted by molar-refractivity contribution is 6.35. The van der Waals surface area contributed by atoms with E-state index in [1.54, 1.807) is 12.1 Å².